The van der Waals surface area contributed by atoms with Crippen molar-refractivity contribution in [1.82, 2.24) is 9.88 Å². The summed E-state index contributed by atoms with van der Waals surface area (Å²) in [5.74, 6) is -0.352. The number of benzene rings is 1. The van der Waals surface area contributed by atoms with E-state index in [1.807, 2.05) is 0 Å². The zero-order valence-electron chi connectivity index (χ0n) is 13.0. The molecule has 0 spiro atoms. The molecule has 2 aromatic rings. The molecule has 1 aromatic heterocycles. The van der Waals surface area contributed by atoms with Gasteiger partial charge in [-0.1, -0.05) is 12.1 Å². The third kappa shape index (κ3) is 4.30. The van der Waals surface area contributed by atoms with Crippen LogP contribution in [0.15, 0.2) is 35.8 Å². The third-order valence-corrected chi connectivity index (χ3v) is 4.48. The maximum atomic E-state index is 12.4. The van der Waals surface area contributed by atoms with Crippen LogP contribution in [0.3, 0.4) is 0 Å². The number of thiazole rings is 1. The van der Waals surface area contributed by atoms with Gasteiger partial charge in [-0.05, 0) is 24.1 Å². The largest absolute Gasteiger partial charge is 0.435 e. The van der Waals surface area contributed by atoms with E-state index in [9.17, 15) is 18.4 Å². The van der Waals surface area contributed by atoms with Crippen LogP contribution in [0.4, 0.5) is 13.9 Å². The van der Waals surface area contributed by atoms with Crippen LogP contribution in [-0.4, -0.2) is 34.4 Å². The van der Waals surface area contributed by atoms with Crippen molar-refractivity contribution < 1.29 is 23.1 Å². The highest BCUT2D eigenvalue weighted by molar-refractivity contribution is 7.13. The van der Waals surface area contributed by atoms with Gasteiger partial charge in [-0.3, -0.25) is 9.59 Å². The molecule has 3 rings (SSSR count). The van der Waals surface area contributed by atoms with Gasteiger partial charge in [0.05, 0.1) is 0 Å². The van der Waals surface area contributed by atoms with Crippen molar-refractivity contribution in [1.29, 1.82) is 0 Å². The maximum absolute atomic E-state index is 12.4. The highest BCUT2D eigenvalue weighted by Gasteiger charge is 2.36. The van der Waals surface area contributed by atoms with Crippen molar-refractivity contribution >= 4 is 28.3 Å². The van der Waals surface area contributed by atoms with Gasteiger partial charge in [0, 0.05) is 24.5 Å². The fourth-order valence-corrected chi connectivity index (χ4v) is 3.18. The first-order valence-electron chi connectivity index (χ1n) is 7.56. The number of likely N-dealkylation sites (tertiary alicyclic amines) is 1. The fraction of sp³-hybridized carbons (Fsp3) is 0.312. The lowest BCUT2D eigenvalue weighted by Gasteiger charge is -2.23. The Hall–Kier alpha value is -2.55. The van der Waals surface area contributed by atoms with E-state index >= 15 is 0 Å². The quantitative estimate of drug-likeness (QED) is 0.852. The van der Waals surface area contributed by atoms with Gasteiger partial charge in [0.2, 0.25) is 11.8 Å². The monoisotopic (exact) mass is 367 g/mol. The Kier molecular flexibility index (Phi) is 5.22. The number of amides is 2. The average Bonchev–Trinajstić information content (AvgIpc) is 3.19. The number of nitrogens with one attached hydrogen (secondary N) is 1. The second kappa shape index (κ2) is 7.56. The Morgan fingerprint density at radius 2 is 2.16 bits per heavy atom. The number of carbonyl (C=O) groups excluding carboxylic acids is 2. The number of hydrogen-bond donors (Lipinski definition) is 1. The van der Waals surface area contributed by atoms with Crippen molar-refractivity contribution in [2.45, 2.75) is 32.0 Å². The third-order valence-electron chi connectivity index (χ3n) is 3.79. The van der Waals surface area contributed by atoms with E-state index in [4.69, 9.17) is 0 Å². The number of ether oxygens (including phenoxy) is 1. The lowest BCUT2D eigenvalue weighted by molar-refractivity contribution is -0.133. The molecule has 25 heavy (non-hydrogen) atoms. The molecule has 132 valence electrons. The van der Waals surface area contributed by atoms with Crippen molar-refractivity contribution in [2.75, 3.05) is 5.32 Å². The summed E-state index contributed by atoms with van der Waals surface area (Å²) in [6.45, 7) is -2.66. The molecule has 0 unspecified atom stereocenters. The Balaban J connectivity index is 1.66. The number of rotatable bonds is 6. The number of nitrogens with zero attached hydrogens (tertiary/aromatic N) is 2. The predicted molar refractivity (Wildman–Crippen MR) is 87.4 cm³/mol. The van der Waals surface area contributed by atoms with E-state index in [-0.39, 0.29) is 24.1 Å². The molecule has 1 atom stereocenters. The van der Waals surface area contributed by atoms with Crippen LogP contribution in [0.5, 0.6) is 5.75 Å². The second-order valence-corrected chi connectivity index (χ2v) is 6.32. The normalized spacial score (nSPS) is 17.2. The number of aromatic nitrogens is 1. The second-order valence-electron chi connectivity index (χ2n) is 5.43. The van der Waals surface area contributed by atoms with Crippen LogP contribution in [0, 0.1) is 0 Å². The lowest BCUT2D eigenvalue weighted by atomic mass is 10.1. The molecule has 1 fully saturated rings. The number of halogens is 2. The van der Waals surface area contributed by atoms with E-state index in [1.54, 1.807) is 23.7 Å². The average molecular weight is 367 g/mol. The van der Waals surface area contributed by atoms with Crippen LogP contribution in [-0.2, 0) is 16.1 Å². The molecule has 0 saturated carbocycles. The van der Waals surface area contributed by atoms with Gasteiger partial charge in [-0.2, -0.15) is 8.78 Å². The molecule has 2 amide bonds. The molecule has 0 radical (unpaired) electrons. The summed E-state index contributed by atoms with van der Waals surface area (Å²) < 4.78 is 28.6. The molecule has 2 heterocycles. The molecule has 1 saturated heterocycles. The maximum Gasteiger partial charge on any atom is 0.387 e. The van der Waals surface area contributed by atoms with Gasteiger partial charge in [0.25, 0.3) is 0 Å². The van der Waals surface area contributed by atoms with Gasteiger partial charge >= 0.3 is 6.61 Å². The minimum absolute atomic E-state index is 0.0459. The van der Waals surface area contributed by atoms with Crippen LogP contribution in [0.1, 0.15) is 18.4 Å². The number of anilines is 1. The number of hydrogen-bond acceptors (Lipinski definition) is 5. The molecule has 1 aromatic carbocycles. The van der Waals surface area contributed by atoms with Crippen molar-refractivity contribution in [2.24, 2.45) is 0 Å². The minimum Gasteiger partial charge on any atom is -0.435 e. The van der Waals surface area contributed by atoms with Gasteiger partial charge in [0.1, 0.15) is 11.8 Å². The smallest absolute Gasteiger partial charge is 0.387 e. The summed E-state index contributed by atoms with van der Waals surface area (Å²) in [4.78, 5) is 30.0. The summed E-state index contributed by atoms with van der Waals surface area (Å²) in [7, 11) is 0. The van der Waals surface area contributed by atoms with Gasteiger partial charge in [-0.15, -0.1) is 11.3 Å². The van der Waals surface area contributed by atoms with Crippen LogP contribution >= 0.6 is 11.3 Å². The number of alkyl halides is 2. The minimum atomic E-state index is -2.88. The zero-order chi connectivity index (χ0) is 17.8. The Labute approximate surface area is 146 Å². The summed E-state index contributed by atoms with van der Waals surface area (Å²) in [5.41, 5.74) is 0.726. The zero-order valence-corrected chi connectivity index (χ0v) is 13.8. The van der Waals surface area contributed by atoms with Crippen LogP contribution in [0.2, 0.25) is 0 Å². The molecule has 1 aliphatic heterocycles. The molecule has 1 aliphatic rings. The summed E-state index contributed by atoms with van der Waals surface area (Å²) in [6.07, 6.45) is 2.31. The first-order valence-corrected chi connectivity index (χ1v) is 8.44. The van der Waals surface area contributed by atoms with Gasteiger partial charge in [-0.25, -0.2) is 4.98 Å². The molecule has 0 aliphatic carbocycles. The first kappa shape index (κ1) is 17.3. The van der Waals surface area contributed by atoms with E-state index in [2.05, 4.69) is 15.0 Å². The Morgan fingerprint density at radius 3 is 2.80 bits per heavy atom. The molecule has 0 bridgehead atoms. The van der Waals surface area contributed by atoms with Crippen molar-refractivity contribution in [3.8, 4) is 5.75 Å². The van der Waals surface area contributed by atoms with E-state index in [0.29, 0.717) is 18.0 Å². The molecule has 1 N–H and O–H groups in total. The highest BCUT2D eigenvalue weighted by Crippen LogP contribution is 2.24. The lowest BCUT2D eigenvalue weighted by Crippen LogP contribution is -2.41. The fourth-order valence-electron chi connectivity index (χ4n) is 2.65. The molecular formula is C16H15F2N3O3S. The molecule has 6 nitrogen and oxygen atoms in total. The van der Waals surface area contributed by atoms with Crippen LogP contribution < -0.4 is 10.1 Å². The van der Waals surface area contributed by atoms with Crippen molar-refractivity contribution in [3.05, 3.63) is 41.4 Å². The van der Waals surface area contributed by atoms with Gasteiger partial charge < -0.3 is 15.0 Å². The molecular weight excluding hydrogens is 352 g/mol. The van der Waals surface area contributed by atoms with Gasteiger partial charge in [0.15, 0.2) is 5.13 Å². The first-order chi connectivity index (χ1) is 12.0. The van der Waals surface area contributed by atoms with E-state index < -0.39 is 12.7 Å². The van der Waals surface area contributed by atoms with E-state index in [1.165, 1.54) is 28.4 Å². The summed E-state index contributed by atoms with van der Waals surface area (Å²) in [6, 6.07) is 5.44. The summed E-state index contributed by atoms with van der Waals surface area (Å²) >= 11 is 1.30. The molecule has 9 heteroatoms. The SMILES string of the molecule is O=C(Nc1nccs1)[C@H]1CCC(=O)N1Cc1ccc(OC(F)F)cc1. The van der Waals surface area contributed by atoms with E-state index in [0.717, 1.165) is 5.56 Å². The summed E-state index contributed by atoms with van der Waals surface area (Å²) in [5, 5.41) is 4.93. The number of carbonyl (C=O) groups is 2. The van der Waals surface area contributed by atoms with Crippen LogP contribution in [0.25, 0.3) is 0 Å². The van der Waals surface area contributed by atoms with Crippen molar-refractivity contribution in [3.63, 3.8) is 0 Å². The Bertz CT molecular complexity index is 738. The topological polar surface area (TPSA) is 71.5 Å². The predicted octanol–water partition coefficient (Wildman–Crippen LogP) is 2.87. The standard InChI is InChI=1S/C16H15F2N3O3S/c17-15(18)24-11-3-1-10(2-4-11)9-21-12(5-6-13(21)22)14(23)20-16-19-7-8-25-16/h1-4,7-8,12,15H,5-6,9H2,(H,19,20,23)/t12-/m1/s1. The Morgan fingerprint density at radius 1 is 1.40 bits per heavy atom. The highest BCUT2D eigenvalue weighted by atomic mass is 32.1.